The van der Waals surface area contributed by atoms with Gasteiger partial charge in [0.05, 0.1) is 12.1 Å². The van der Waals surface area contributed by atoms with Gasteiger partial charge in [-0.15, -0.1) is 0 Å². The van der Waals surface area contributed by atoms with Gasteiger partial charge in [0.15, 0.2) is 0 Å². The second kappa shape index (κ2) is 8.41. The molecule has 1 aromatic rings. The molecule has 2 saturated heterocycles. The lowest BCUT2D eigenvalue weighted by Gasteiger charge is -2.50. The topological polar surface area (TPSA) is 82.1 Å². The molecule has 3 rings (SSSR count). The lowest BCUT2D eigenvalue weighted by atomic mass is 9.81. The first kappa shape index (κ1) is 19.2. The molecule has 2 aliphatic rings. The fraction of sp³-hybridized carbons (Fsp3) is 0.550. The third-order valence-electron chi connectivity index (χ3n) is 5.12. The average Bonchev–Trinajstić information content (AvgIpc) is 2.63. The smallest absolute Gasteiger partial charge is 0.410 e. The highest BCUT2D eigenvalue weighted by Crippen LogP contribution is 2.37. The summed E-state index contributed by atoms with van der Waals surface area (Å²) in [5.41, 5.74) is 0.890. The molecule has 146 valence electrons. The van der Waals surface area contributed by atoms with Gasteiger partial charge in [0, 0.05) is 13.8 Å². The molecule has 0 unspecified atom stereocenters. The number of hydrogen-bond donors (Lipinski definition) is 0. The van der Waals surface area contributed by atoms with Gasteiger partial charge in [-0.05, 0) is 31.2 Å². The summed E-state index contributed by atoms with van der Waals surface area (Å²) >= 11 is 0. The molecule has 0 N–H and O–H groups in total. The maximum Gasteiger partial charge on any atom is 0.410 e. The van der Waals surface area contributed by atoms with E-state index < -0.39 is 6.09 Å². The molecule has 1 amide bonds. The second-order valence-corrected chi connectivity index (χ2v) is 7.03. The third-order valence-corrected chi connectivity index (χ3v) is 5.12. The van der Waals surface area contributed by atoms with E-state index in [-0.39, 0.29) is 42.8 Å². The maximum atomic E-state index is 12.9. The van der Waals surface area contributed by atoms with Crippen LogP contribution in [0, 0.1) is 0 Å². The van der Waals surface area contributed by atoms with Gasteiger partial charge in [-0.25, -0.2) is 4.79 Å². The van der Waals surface area contributed by atoms with Crippen LogP contribution in [-0.2, 0) is 30.4 Å². The van der Waals surface area contributed by atoms with Gasteiger partial charge < -0.3 is 14.2 Å². The Hall–Kier alpha value is -2.57. The Morgan fingerprint density at radius 1 is 0.889 bits per heavy atom. The Balaban J connectivity index is 1.75. The maximum absolute atomic E-state index is 12.9. The molecule has 0 spiro atoms. The summed E-state index contributed by atoms with van der Waals surface area (Å²) in [6, 6.07) is 8.90. The summed E-state index contributed by atoms with van der Waals surface area (Å²) in [5, 5.41) is 0. The Morgan fingerprint density at radius 2 is 1.41 bits per heavy atom. The van der Waals surface area contributed by atoms with Gasteiger partial charge in [0.2, 0.25) is 0 Å². The number of ether oxygens (including phenoxy) is 3. The highest BCUT2D eigenvalue weighted by atomic mass is 16.6. The van der Waals surface area contributed by atoms with Crippen LogP contribution in [0.3, 0.4) is 0 Å². The molecule has 2 heterocycles. The van der Waals surface area contributed by atoms with Gasteiger partial charge in [-0.3, -0.25) is 14.5 Å². The standard InChI is InChI=1S/C20H25NO6/c1-13(22)26-18-10-8-17-19(27-14(2)23)11-9-16(18)21(17)20(24)25-12-15-6-4-3-5-7-15/h3-7,16-19H,8-12H2,1-2H3/t16-,17-,18-,19-/m1/s1. The summed E-state index contributed by atoms with van der Waals surface area (Å²) < 4.78 is 16.4. The van der Waals surface area contributed by atoms with Crippen molar-refractivity contribution in [3.63, 3.8) is 0 Å². The number of esters is 2. The van der Waals surface area contributed by atoms with Crippen LogP contribution in [0.4, 0.5) is 4.79 Å². The highest BCUT2D eigenvalue weighted by Gasteiger charge is 2.49. The zero-order valence-corrected chi connectivity index (χ0v) is 15.6. The fourth-order valence-corrected chi connectivity index (χ4v) is 4.07. The first-order valence-electron chi connectivity index (χ1n) is 9.29. The van der Waals surface area contributed by atoms with Crippen molar-refractivity contribution in [3.8, 4) is 0 Å². The predicted octanol–water partition coefficient (Wildman–Crippen LogP) is 2.81. The first-order chi connectivity index (χ1) is 13.0. The Morgan fingerprint density at radius 3 is 1.89 bits per heavy atom. The monoisotopic (exact) mass is 375 g/mol. The number of nitrogens with zero attached hydrogens (tertiary/aromatic N) is 1. The Labute approximate surface area is 158 Å². The van der Waals surface area contributed by atoms with E-state index in [9.17, 15) is 14.4 Å². The molecule has 27 heavy (non-hydrogen) atoms. The summed E-state index contributed by atoms with van der Waals surface area (Å²) in [4.78, 5) is 37.4. The van der Waals surface area contributed by atoms with E-state index in [4.69, 9.17) is 14.2 Å². The van der Waals surface area contributed by atoms with Crippen molar-refractivity contribution in [1.29, 1.82) is 0 Å². The van der Waals surface area contributed by atoms with Gasteiger partial charge in [-0.1, -0.05) is 30.3 Å². The molecular weight excluding hydrogens is 350 g/mol. The van der Waals surface area contributed by atoms with Crippen molar-refractivity contribution in [2.75, 3.05) is 0 Å². The minimum Gasteiger partial charge on any atom is -0.460 e. The number of amides is 1. The molecule has 7 nitrogen and oxygen atoms in total. The zero-order chi connectivity index (χ0) is 19.4. The van der Waals surface area contributed by atoms with Crippen LogP contribution in [-0.4, -0.2) is 47.2 Å². The van der Waals surface area contributed by atoms with E-state index in [1.165, 1.54) is 13.8 Å². The number of hydrogen-bond acceptors (Lipinski definition) is 6. The molecule has 0 aliphatic carbocycles. The molecule has 2 bridgehead atoms. The number of rotatable bonds is 4. The Bertz CT molecular complexity index is 659. The van der Waals surface area contributed by atoms with Crippen LogP contribution in [0.2, 0.25) is 0 Å². The molecule has 0 saturated carbocycles. The molecule has 0 aromatic heterocycles. The van der Waals surface area contributed by atoms with Crippen LogP contribution in [0.25, 0.3) is 0 Å². The lowest BCUT2D eigenvalue weighted by molar-refractivity contribution is -0.168. The fourth-order valence-electron chi connectivity index (χ4n) is 4.07. The first-order valence-corrected chi connectivity index (χ1v) is 9.29. The van der Waals surface area contributed by atoms with E-state index >= 15 is 0 Å². The van der Waals surface area contributed by atoms with Crippen molar-refractivity contribution in [3.05, 3.63) is 35.9 Å². The van der Waals surface area contributed by atoms with E-state index in [1.807, 2.05) is 30.3 Å². The van der Waals surface area contributed by atoms with Crippen molar-refractivity contribution in [1.82, 2.24) is 4.90 Å². The minimum absolute atomic E-state index is 0.159. The average molecular weight is 375 g/mol. The molecular formula is C20H25NO6. The van der Waals surface area contributed by atoms with E-state index in [0.717, 1.165) is 5.56 Å². The number of carbonyl (C=O) groups excluding carboxylic acids is 3. The number of benzene rings is 1. The zero-order valence-electron chi connectivity index (χ0n) is 15.6. The van der Waals surface area contributed by atoms with Crippen LogP contribution < -0.4 is 0 Å². The summed E-state index contributed by atoms with van der Waals surface area (Å²) in [5.74, 6) is -0.726. The van der Waals surface area contributed by atoms with Gasteiger partial charge in [-0.2, -0.15) is 0 Å². The molecule has 0 radical (unpaired) electrons. The van der Waals surface area contributed by atoms with Gasteiger partial charge >= 0.3 is 18.0 Å². The normalized spacial score (nSPS) is 26.8. The predicted molar refractivity (Wildman–Crippen MR) is 95.6 cm³/mol. The quantitative estimate of drug-likeness (QED) is 0.594. The van der Waals surface area contributed by atoms with Crippen molar-refractivity contribution in [2.24, 2.45) is 0 Å². The van der Waals surface area contributed by atoms with Gasteiger partial charge in [0.25, 0.3) is 0 Å². The summed E-state index contributed by atoms with van der Waals surface area (Å²) in [6.45, 7) is 2.90. The third kappa shape index (κ3) is 4.59. The Kier molecular flexibility index (Phi) is 5.98. The lowest BCUT2D eigenvalue weighted by Crippen LogP contribution is -2.64. The summed E-state index contributed by atoms with van der Waals surface area (Å²) in [6.07, 6.45) is 1.26. The molecule has 2 aliphatic heterocycles. The number of carbonyl (C=O) groups is 3. The SMILES string of the molecule is CC(=O)O[C@@H]1CC[C@@H]2[C@H](OC(C)=O)CC[C@H]1N2C(=O)OCc1ccccc1. The van der Waals surface area contributed by atoms with Crippen molar-refractivity contribution >= 4 is 18.0 Å². The number of piperidine rings is 2. The largest absolute Gasteiger partial charge is 0.460 e. The minimum atomic E-state index is -0.470. The van der Waals surface area contributed by atoms with E-state index in [1.54, 1.807) is 4.90 Å². The molecule has 1 aromatic carbocycles. The molecule has 7 heteroatoms. The number of fused-ring (bicyclic) bond motifs is 2. The van der Waals surface area contributed by atoms with Crippen LogP contribution in [0.5, 0.6) is 0 Å². The van der Waals surface area contributed by atoms with Crippen LogP contribution >= 0.6 is 0 Å². The van der Waals surface area contributed by atoms with Crippen LogP contribution in [0.15, 0.2) is 30.3 Å². The summed E-state index contributed by atoms with van der Waals surface area (Å²) in [7, 11) is 0. The van der Waals surface area contributed by atoms with E-state index in [2.05, 4.69) is 0 Å². The van der Waals surface area contributed by atoms with Crippen molar-refractivity contribution in [2.45, 2.75) is 70.4 Å². The van der Waals surface area contributed by atoms with Crippen molar-refractivity contribution < 1.29 is 28.6 Å². The van der Waals surface area contributed by atoms with Crippen LogP contribution in [0.1, 0.15) is 45.1 Å². The second-order valence-electron chi connectivity index (χ2n) is 7.03. The van der Waals surface area contributed by atoms with Gasteiger partial charge in [0.1, 0.15) is 18.8 Å². The molecule has 2 fully saturated rings. The highest BCUT2D eigenvalue weighted by molar-refractivity contribution is 5.70. The molecule has 4 atom stereocenters. The van der Waals surface area contributed by atoms with E-state index in [0.29, 0.717) is 25.7 Å².